The first-order valence-corrected chi connectivity index (χ1v) is 7.72. The number of hydrogen-bond donors (Lipinski definition) is 1. The molecule has 0 bridgehead atoms. The Labute approximate surface area is 127 Å². The Kier molecular flexibility index (Phi) is 4.26. The molecule has 110 valence electrons. The summed E-state index contributed by atoms with van der Waals surface area (Å²) in [5.74, 6) is 1.46. The van der Waals surface area contributed by atoms with E-state index >= 15 is 0 Å². The third-order valence-electron chi connectivity index (χ3n) is 4.58. The van der Waals surface area contributed by atoms with Crippen LogP contribution < -0.4 is 10.1 Å². The zero-order chi connectivity index (χ0) is 14.7. The van der Waals surface area contributed by atoms with Crippen LogP contribution in [0.5, 0.6) is 5.75 Å². The van der Waals surface area contributed by atoms with Crippen molar-refractivity contribution >= 4 is 0 Å². The van der Waals surface area contributed by atoms with Crippen LogP contribution in [0.25, 0.3) is 0 Å². The van der Waals surface area contributed by atoms with Gasteiger partial charge in [-0.25, -0.2) is 0 Å². The van der Waals surface area contributed by atoms with Gasteiger partial charge in [-0.15, -0.1) is 0 Å². The highest BCUT2D eigenvalue weighted by atomic mass is 16.5. The predicted octanol–water partition coefficient (Wildman–Crippen LogP) is 4.08. The van der Waals surface area contributed by atoms with E-state index in [2.05, 4.69) is 54.8 Å². The maximum atomic E-state index is 5.38. The van der Waals surface area contributed by atoms with E-state index in [0.29, 0.717) is 12.0 Å². The molecule has 1 aliphatic carbocycles. The first kappa shape index (κ1) is 14.2. The molecule has 2 atom stereocenters. The van der Waals surface area contributed by atoms with Gasteiger partial charge in [-0.05, 0) is 55.1 Å². The third kappa shape index (κ3) is 2.81. The van der Waals surface area contributed by atoms with Crippen LogP contribution in [-0.2, 0) is 6.42 Å². The van der Waals surface area contributed by atoms with Crippen molar-refractivity contribution in [3.8, 4) is 5.75 Å². The van der Waals surface area contributed by atoms with Gasteiger partial charge in [0.05, 0.1) is 7.11 Å². The Morgan fingerprint density at radius 3 is 2.81 bits per heavy atom. The van der Waals surface area contributed by atoms with Crippen LogP contribution in [0.1, 0.15) is 41.5 Å². The van der Waals surface area contributed by atoms with Crippen molar-refractivity contribution in [2.24, 2.45) is 0 Å². The molecule has 0 aromatic heterocycles. The lowest BCUT2D eigenvalue weighted by molar-refractivity contribution is 0.405. The van der Waals surface area contributed by atoms with Crippen molar-refractivity contribution in [2.45, 2.75) is 31.2 Å². The molecule has 2 aromatic rings. The van der Waals surface area contributed by atoms with Gasteiger partial charge < -0.3 is 10.1 Å². The lowest BCUT2D eigenvalue weighted by Gasteiger charge is -2.32. The standard InChI is InChI=1S/C19H23NO/c1-20-19(15-9-5-10-16(13-15)21-2)18-12-6-8-14-7-3-4-11-17(14)18/h3-5,7,9-11,13,18-20H,6,8,12H2,1-2H3. The van der Waals surface area contributed by atoms with Crippen molar-refractivity contribution in [2.75, 3.05) is 14.2 Å². The number of hydrogen-bond acceptors (Lipinski definition) is 2. The third-order valence-corrected chi connectivity index (χ3v) is 4.58. The maximum Gasteiger partial charge on any atom is 0.119 e. The molecule has 2 nitrogen and oxygen atoms in total. The van der Waals surface area contributed by atoms with Crippen LogP contribution in [0.4, 0.5) is 0 Å². The Hall–Kier alpha value is -1.80. The van der Waals surface area contributed by atoms with E-state index < -0.39 is 0 Å². The van der Waals surface area contributed by atoms with E-state index in [-0.39, 0.29) is 0 Å². The molecule has 1 aliphatic rings. The molecule has 2 heteroatoms. The van der Waals surface area contributed by atoms with Crippen molar-refractivity contribution in [3.05, 3.63) is 65.2 Å². The number of aryl methyl sites for hydroxylation is 1. The number of likely N-dealkylation sites (N-methyl/N-ethyl adjacent to an activating group) is 1. The van der Waals surface area contributed by atoms with Gasteiger partial charge in [-0.2, -0.15) is 0 Å². The Morgan fingerprint density at radius 1 is 1.14 bits per heavy atom. The molecule has 0 fully saturated rings. The minimum atomic E-state index is 0.335. The van der Waals surface area contributed by atoms with Gasteiger partial charge in [0.1, 0.15) is 5.75 Å². The fraction of sp³-hybridized carbons (Fsp3) is 0.368. The summed E-state index contributed by atoms with van der Waals surface area (Å²) in [6.45, 7) is 0. The minimum absolute atomic E-state index is 0.335. The summed E-state index contributed by atoms with van der Waals surface area (Å²) in [4.78, 5) is 0. The van der Waals surface area contributed by atoms with E-state index in [4.69, 9.17) is 4.74 Å². The fourth-order valence-corrected chi connectivity index (χ4v) is 3.57. The molecule has 0 spiro atoms. The number of benzene rings is 2. The van der Waals surface area contributed by atoms with E-state index in [1.165, 1.54) is 36.0 Å². The van der Waals surface area contributed by atoms with Crippen LogP contribution >= 0.6 is 0 Å². The second kappa shape index (κ2) is 6.31. The fourth-order valence-electron chi connectivity index (χ4n) is 3.57. The topological polar surface area (TPSA) is 21.3 Å². The Balaban J connectivity index is 1.97. The van der Waals surface area contributed by atoms with Crippen LogP contribution in [0.2, 0.25) is 0 Å². The number of fused-ring (bicyclic) bond motifs is 1. The smallest absolute Gasteiger partial charge is 0.119 e. The van der Waals surface area contributed by atoms with Crippen molar-refractivity contribution in [1.82, 2.24) is 5.32 Å². The molecule has 21 heavy (non-hydrogen) atoms. The van der Waals surface area contributed by atoms with Crippen molar-refractivity contribution in [1.29, 1.82) is 0 Å². The summed E-state index contributed by atoms with van der Waals surface area (Å²) in [6.07, 6.45) is 3.71. The molecule has 1 N–H and O–H groups in total. The maximum absolute atomic E-state index is 5.38. The lowest BCUT2D eigenvalue weighted by atomic mass is 9.77. The summed E-state index contributed by atoms with van der Waals surface area (Å²) >= 11 is 0. The number of nitrogens with one attached hydrogen (secondary N) is 1. The zero-order valence-corrected chi connectivity index (χ0v) is 12.8. The highest BCUT2D eigenvalue weighted by Crippen LogP contribution is 2.40. The number of methoxy groups -OCH3 is 1. The van der Waals surface area contributed by atoms with Gasteiger partial charge in [0.2, 0.25) is 0 Å². The summed E-state index contributed by atoms with van der Waals surface area (Å²) < 4.78 is 5.38. The molecule has 3 rings (SSSR count). The van der Waals surface area contributed by atoms with Gasteiger partial charge in [-0.1, -0.05) is 36.4 Å². The SMILES string of the molecule is CNC(c1cccc(OC)c1)C1CCCc2ccccc21. The molecule has 0 heterocycles. The van der Waals surface area contributed by atoms with Crippen LogP contribution in [0, 0.1) is 0 Å². The highest BCUT2D eigenvalue weighted by molar-refractivity contribution is 5.38. The average molecular weight is 281 g/mol. The number of ether oxygens (including phenoxy) is 1. The molecule has 2 aromatic carbocycles. The van der Waals surface area contributed by atoms with Gasteiger partial charge in [0, 0.05) is 12.0 Å². The summed E-state index contributed by atoms with van der Waals surface area (Å²) in [5, 5.41) is 3.52. The van der Waals surface area contributed by atoms with E-state index in [0.717, 1.165) is 5.75 Å². The van der Waals surface area contributed by atoms with E-state index in [9.17, 15) is 0 Å². The van der Waals surface area contributed by atoms with Crippen LogP contribution in [-0.4, -0.2) is 14.2 Å². The largest absolute Gasteiger partial charge is 0.497 e. The van der Waals surface area contributed by atoms with Crippen LogP contribution in [0.15, 0.2) is 48.5 Å². The van der Waals surface area contributed by atoms with E-state index in [1.807, 2.05) is 6.07 Å². The second-order valence-corrected chi connectivity index (χ2v) is 5.74. The zero-order valence-electron chi connectivity index (χ0n) is 12.8. The lowest BCUT2D eigenvalue weighted by Crippen LogP contribution is -2.26. The highest BCUT2D eigenvalue weighted by Gasteiger charge is 2.27. The molecule has 0 radical (unpaired) electrons. The van der Waals surface area contributed by atoms with Gasteiger partial charge in [0.25, 0.3) is 0 Å². The minimum Gasteiger partial charge on any atom is -0.497 e. The van der Waals surface area contributed by atoms with Gasteiger partial charge >= 0.3 is 0 Å². The molecule has 0 amide bonds. The van der Waals surface area contributed by atoms with Gasteiger partial charge in [-0.3, -0.25) is 0 Å². The molecule has 2 unspecified atom stereocenters. The van der Waals surface area contributed by atoms with Crippen LogP contribution in [0.3, 0.4) is 0 Å². The average Bonchev–Trinajstić information content (AvgIpc) is 2.56. The Morgan fingerprint density at radius 2 is 2.00 bits per heavy atom. The monoisotopic (exact) mass is 281 g/mol. The quantitative estimate of drug-likeness (QED) is 0.912. The summed E-state index contributed by atoms with van der Waals surface area (Å²) in [7, 11) is 3.78. The molecular formula is C19H23NO. The Bertz CT molecular complexity index is 608. The summed E-state index contributed by atoms with van der Waals surface area (Å²) in [5.41, 5.74) is 4.32. The van der Waals surface area contributed by atoms with Gasteiger partial charge in [0.15, 0.2) is 0 Å². The first-order chi connectivity index (χ1) is 10.3. The number of rotatable bonds is 4. The van der Waals surface area contributed by atoms with Crippen molar-refractivity contribution < 1.29 is 4.74 Å². The first-order valence-electron chi connectivity index (χ1n) is 7.72. The molecule has 0 aliphatic heterocycles. The molecule has 0 saturated heterocycles. The second-order valence-electron chi connectivity index (χ2n) is 5.74. The normalized spacial score (nSPS) is 18.9. The predicted molar refractivity (Wildman–Crippen MR) is 86.9 cm³/mol. The van der Waals surface area contributed by atoms with Crippen molar-refractivity contribution in [3.63, 3.8) is 0 Å². The van der Waals surface area contributed by atoms with E-state index in [1.54, 1.807) is 7.11 Å². The summed E-state index contributed by atoms with van der Waals surface area (Å²) in [6, 6.07) is 17.7. The molecular weight excluding hydrogens is 258 g/mol. The molecule has 0 saturated carbocycles.